The highest BCUT2D eigenvalue weighted by atomic mass is 32.1. The summed E-state index contributed by atoms with van der Waals surface area (Å²) in [5.74, 6) is 0.903. The maximum absolute atomic E-state index is 5.22. The topological polar surface area (TPSA) is 47.0 Å². The summed E-state index contributed by atoms with van der Waals surface area (Å²) in [6, 6.07) is 0. The summed E-state index contributed by atoms with van der Waals surface area (Å²) in [6.07, 6.45) is 1.78. The van der Waals surface area contributed by atoms with Crippen LogP contribution in [0.4, 0.5) is 5.82 Å². The molecule has 92 valence electrons. The van der Waals surface area contributed by atoms with Gasteiger partial charge in [0.05, 0.1) is 11.5 Å². The van der Waals surface area contributed by atoms with Crippen molar-refractivity contribution in [2.24, 2.45) is 0 Å². The van der Waals surface area contributed by atoms with E-state index in [2.05, 4.69) is 29.1 Å². The monoisotopic (exact) mass is 251 g/mol. The van der Waals surface area contributed by atoms with Gasteiger partial charge in [0, 0.05) is 18.5 Å². The van der Waals surface area contributed by atoms with E-state index >= 15 is 0 Å². The normalized spacial score (nSPS) is 12.9. The molecule has 5 heteroatoms. The second-order valence-corrected chi connectivity index (χ2v) is 5.32. The lowest BCUT2D eigenvalue weighted by Gasteiger charge is -2.11. The summed E-state index contributed by atoms with van der Waals surface area (Å²) in [5, 5.41) is 4.46. The SMILES string of the molecule is COC(C)CNc1ncnc2sc(C)c(C)c12. The molecule has 1 unspecified atom stereocenters. The van der Waals surface area contributed by atoms with Gasteiger partial charge in [0.15, 0.2) is 0 Å². The summed E-state index contributed by atoms with van der Waals surface area (Å²) in [6.45, 7) is 7.00. The molecule has 2 rings (SSSR count). The number of rotatable bonds is 4. The lowest BCUT2D eigenvalue weighted by molar-refractivity contribution is 0.128. The molecule has 0 saturated carbocycles. The fourth-order valence-electron chi connectivity index (χ4n) is 1.64. The van der Waals surface area contributed by atoms with Crippen LogP contribution >= 0.6 is 11.3 Å². The highest BCUT2D eigenvalue weighted by Crippen LogP contribution is 2.32. The molecule has 0 aliphatic rings. The van der Waals surface area contributed by atoms with Crippen molar-refractivity contribution in [3.8, 4) is 0 Å². The Kier molecular flexibility index (Phi) is 3.59. The molecule has 2 aromatic heterocycles. The Bertz CT molecular complexity index is 524. The quantitative estimate of drug-likeness (QED) is 0.907. The van der Waals surface area contributed by atoms with Gasteiger partial charge in [0.2, 0.25) is 0 Å². The van der Waals surface area contributed by atoms with E-state index in [0.717, 1.165) is 22.6 Å². The minimum atomic E-state index is 0.167. The van der Waals surface area contributed by atoms with E-state index in [1.807, 2.05) is 6.92 Å². The number of nitrogens with one attached hydrogen (secondary N) is 1. The van der Waals surface area contributed by atoms with Gasteiger partial charge in [-0.05, 0) is 26.3 Å². The zero-order chi connectivity index (χ0) is 12.4. The van der Waals surface area contributed by atoms with E-state index in [1.165, 1.54) is 10.4 Å². The molecule has 0 spiro atoms. The van der Waals surface area contributed by atoms with E-state index in [0.29, 0.717) is 0 Å². The summed E-state index contributed by atoms with van der Waals surface area (Å²) in [5.41, 5.74) is 1.26. The van der Waals surface area contributed by atoms with Crippen LogP contribution in [0.3, 0.4) is 0 Å². The van der Waals surface area contributed by atoms with Gasteiger partial charge in [-0.15, -0.1) is 11.3 Å². The Labute approximate surface area is 105 Å². The van der Waals surface area contributed by atoms with Crippen molar-refractivity contribution in [1.29, 1.82) is 0 Å². The van der Waals surface area contributed by atoms with Gasteiger partial charge in [-0.3, -0.25) is 0 Å². The van der Waals surface area contributed by atoms with Gasteiger partial charge in [-0.2, -0.15) is 0 Å². The van der Waals surface area contributed by atoms with Crippen LogP contribution in [-0.4, -0.2) is 29.7 Å². The predicted octanol–water partition coefficient (Wildman–Crippen LogP) is 2.75. The summed E-state index contributed by atoms with van der Waals surface area (Å²) < 4.78 is 5.22. The number of aromatic nitrogens is 2. The average molecular weight is 251 g/mol. The number of anilines is 1. The van der Waals surface area contributed by atoms with Gasteiger partial charge in [-0.25, -0.2) is 9.97 Å². The van der Waals surface area contributed by atoms with Crippen molar-refractivity contribution in [3.05, 3.63) is 16.8 Å². The van der Waals surface area contributed by atoms with E-state index in [4.69, 9.17) is 4.74 Å². The van der Waals surface area contributed by atoms with Gasteiger partial charge >= 0.3 is 0 Å². The molecule has 2 heterocycles. The number of ether oxygens (including phenoxy) is 1. The largest absolute Gasteiger partial charge is 0.380 e. The van der Waals surface area contributed by atoms with Crippen LogP contribution in [0.2, 0.25) is 0 Å². The van der Waals surface area contributed by atoms with E-state index in [1.54, 1.807) is 24.8 Å². The molecule has 0 aromatic carbocycles. The van der Waals surface area contributed by atoms with Crippen LogP contribution in [0.25, 0.3) is 10.2 Å². The standard InChI is InChI=1S/C12H17N3OS/c1-7(16-4)5-13-11-10-8(2)9(3)17-12(10)15-6-14-11/h6-7H,5H2,1-4H3,(H,13,14,15). The second kappa shape index (κ2) is 4.98. The molecular formula is C12H17N3OS. The maximum atomic E-state index is 5.22. The van der Waals surface area contributed by atoms with Crippen molar-refractivity contribution in [2.45, 2.75) is 26.9 Å². The number of nitrogens with zero attached hydrogens (tertiary/aromatic N) is 2. The fourth-order valence-corrected chi connectivity index (χ4v) is 2.64. The van der Waals surface area contributed by atoms with Gasteiger partial charge in [0.25, 0.3) is 0 Å². The molecule has 17 heavy (non-hydrogen) atoms. The third kappa shape index (κ3) is 2.40. The Morgan fingerprint density at radius 1 is 1.41 bits per heavy atom. The first kappa shape index (κ1) is 12.3. The number of aryl methyl sites for hydroxylation is 2. The van der Waals surface area contributed by atoms with Gasteiger partial charge < -0.3 is 10.1 Å². The summed E-state index contributed by atoms with van der Waals surface area (Å²) >= 11 is 1.71. The molecule has 4 nitrogen and oxygen atoms in total. The second-order valence-electron chi connectivity index (χ2n) is 4.11. The molecule has 1 N–H and O–H groups in total. The van der Waals surface area contributed by atoms with Gasteiger partial charge in [-0.1, -0.05) is 0 Å². The third-order valence-corrected chi connectivity index (χ3v) is 4.04. The molecule has 2 aromatic rings. The van der Waals surface area contributed by atoms with Crippen molar-refractivity contribution < 1.29 is 4.74 Å². The Morgan fingerprint density at radius 2 is 2.18 bits per heavy atom. The van der Waals surface area contributed by atoms with Crippen LogP contribution in [0.1, 0.15) is 17.4 Å². The van der Waals surface area contributed by atoms with Crippen molar-refractivity contribution >= 4 is 27.4 Å². The predicted molar refractivity (Wildman–Crippen MR) is 71.8 cm³/mol. The average Bonchev–Trinajstić information content (AvgIpc) is 2.63. The molecule has 0 fully saturated rings. The first-order valence-electron chi connectivity index (χ1n) is 5.60. The molecule has 0 radical (unpaired) electrons. The Hall–Kier alpha value is -1.20. The van der Waals surface area contributed by atoms with Crippen molar-refractivity contribution in [3.63, 3.8) is 0 Å². The van der Waals surface area contributed by atoms with E-state index < -0.39 is 0 Å². The zero-order valence-electron chi connectivity index (χ0n) is 10.6. The lowest BCUT2D eigenvalue weighted by atomic mass is 10.2. The molecule has 0 bridgehead atoms. The number of hydrogen-bond acceptors (Lipinski definition) is 5. The summed E-state index contributed by atoms with van der Waals surface area (Å²) in [7, 11) is 1.71. The molecule has 0 amide bonds. The van der Waals surface area contributed by atoms with Gasteiger partial charge in [0.1, 0.15) is 17.0 Å². The fraction of sp³-hybridized carbons (Fsp3) is 0.500. The molecule has 0 saturated heterocycles. The van der Waals surface area contributed by atoms with E-state index in [-0.39, 0.29) is 6.10 Å². The zero-order valence-corrected chi connectivity index (χ0v) is 11.4. The maximum Gasteiger partial charge on any atom is 0.138 e. The number of thiophene rings is 1. The highest BCUT2D eigenvalue weighted by molar-refractivity contribution is 7.18. The minimum Gasteiger partial charge on any atom is -0.380 e. The number of hydrogen-bond donors (Lipinski definition) is 1. The van der Waals surface area contributed by atoms with Crippen LogP contribution in [-0.2, 0) is 4.74 Å². The van der Waals surface area contributed by atoms with Crippen LogP contribution in [0.15, 0.2) is 6.33 Å². The lowest BCUT2D eigenvalue weighted by Crippen LogP contribution is -2.18. The summed E-state index contributed by atoms with van der Waals surface area (Å²) in [4.78, 5) is 11.0. The molecule has 1 atom stereocenters. The highest BCUT2D eigenvalue weighted by Gasteiger charge is 2.12. The molecule has 0 aliphatic heterocycles. The third-order valence-electron chi connectivity index (χ3n) is 2.92. The smallest absolute Gasteiger partial charge is 0.138 e. The Morgan fingerprint density at radius 3 is 2.88 bits per heavy atom. The van der Waals surface area contributed by atoms with Crippen LogP contribution in [0.5, 0.6) is 0 Å². The Balaban J connectivity index is 2.33. The molecule has 0 aliphatic carbocycles. The van der Waals surface area contributed by atoms with Crippen molar-refractivity contribution in [2.75, 3.05) is 19.0 Å². The van der Waals surface area contributed by atoms with E-state index in [9.17, 15) is 0 Å². The number of fused-ring (bicyclic) bond motifs is 1. The number of methoxy groups -OCH3 is 1. The first-order valence-corrected chi connectivity index (χ1v) is 6.42. The van der Waals surface area contributed by atoms with Crippen molar-refractivity contribution in [1.82, 2.24) is 9.97 Å². The first-order chi connectivity index (χ1) is 8.13. The van der Waals surface area contributed by atoms with Crippen LogP contribution in [0, 0.1) is 13.8 Å². The minimum absolute atomic E-state index is 0.167. The van der Waals surface area contributed by atoms with Crippen LogP contribution < -0.4 is 5.32 Å². The molecular weight excluding hydrogens is 234 g/mol.